The van der Waals surface area contributed by atoms with E-state index in [0.717, 1.165) is 51.0 Å². The van der Waals surface area contributed by atoms with Crippen molar-refractivity contribution in [3.63, 3.8) is 0 Å². The number of ether oxygens (including phenoxy) is 3. The first-order chi connectivity index (χ1) is 18.7. The van der Waals surface area contributed by atoms with Crippen molar-refractivity contribution in [1.82, 2.24) is 30.1 Å². The molecule has 0 saturated carbocycles. The standard InChI is InChI=1S/C27H29N7O4/c35-27-21(13-18-14-23-24(38-17-37-23)15-22(18)28-27)25(26-29-30-31-34(26)16-20-7-4-12-36-20)33-10-8-32(9-11-33)19-5-2-1-3-6-19/h1-3,5-6,13-15,20,25H,4,7-12,16-17H2,(H,28,35)/t20-,25+/m0/s1. The number of para-hydroxylation sites is 1. The summed E-state index contributed by atoms with van der Waals surface area (Å²) in [4.78, 5) is 21.3. The van der Waals surface area contributed by atoms with Crippen LogP contribution in [0.15, 0.2) is 53.3 Å². The first-order valence-electron chi connectivity index (χ1n) is 13.1. The van der Waals surface area contributed by atoms with Crippen molar-refractivity contribution >= 4 is 16.6 Å². The minimum absolute atomic E-state index is 0.0717. The molecule has 2 atom stereocenters. The topological polar surface area (TPSA) is 111 Å². The van der Waals surface area contributed by atoms with Crippen molar-refractivity contribution in [3.05, 3.63) is 70.3 Å². The summed E-state index contributed by atoms with van der Waals surface area (Å²) in [5, 5.41) is 13.7. The molecule has 5 heterocycles. The van der Waals surface area contributed by atoms with Gasteiger partial charge in [0, 0.05) is 55.5 Å². The van der Waals surface area contributed by atoms with Gasteiger partial charge in [-0.1, -0.05) is 18.2 Å². The molecule has 11 nitrogen and oxygen atoms in total. The summed E-state index contributed by atoms with van der Waals surface area (Å²) in [6.45, 7) is 4.67. The molecule has 2 aromatic carbocycles. The fraction of sp³-hybridized carbons (Fsp3) is 0.407. The Kier molecular flexibility index (Phi) is 5.94. The molecule has 3 aliphatic rings. The van der Waals surface area contributed by atoms with Crippen molar-refractivity contribution in [2.24, 2.45) is 0 Å². The molecule has 2 aromatic heterocycles. The maximum Gasteiger partial charge on any atom is 0.253 e. The molecular formula is C27H29N7O4. The molecule has 7 rings (SSSR count). The zero-order valence-electron chi connectivity index (χ0n) is 21.0. The van der Waals surface area contributed by atoms with Crippen LogP contribution in [0.4, 0.5) is 5.69 Å². The lowest BCUT2D eigenvalue weighted by atomic mass is 10.0. The van der Waals surface area contributed by atoms with E-state index in [4.69, 9.17) is 14.2 Å². The van der Waals surface area contributed by atoms with Crippen LogP contribution >= 0.6 is 0 Å². The fourth-order valence-corrected chi connectivity index (χ4v) is 5.71. The third-order valence-electron chi connectivity index (χ3n) is 7.67. The highest BCUT2D eigenvalue weighted by atomic mass is 16.7. The van der Waals surface area contributed by atoms with E-state index >= 15 is 0 Å². The van der Waals surface area contributed by atoms with E-state index in [1.54, 1.807) is 0 Å². The predicted octanol–water partition coefficient (Wildman–Crippen LogP) is 2.33. The Morgan fingerprint density at radius 2 is 1.84 bits per heavy atom. The molecule has 0 bridgehead atoms. The SMILES string of the molecule is O=c1[nH]c2cc3c(cc2cc1[C@H](c1nnnn1C[C@@H]1CCCO1)N1CCN(c2ccccc2)CC1)OCO3. The number of hydrogen-bond acceptors (Lipinski definition) is 9. The number of H-pyrrole nitrogens is 1. The second-order valence-electron chi connectivity index (χ2n) is 9.96. The van der Waals surface area contributed by atoms with Gasteiger partial charge in [-0.15, -0.1) is 5.10 Å². The number of nitrogens with one attached hydrogen (secondary N) is 1. The van der Waals surface area contributed by atoms with E-state index in [9.17, 15) is 4.79 Å². The number of benzene rings is 2. The number of nitrogens with zero attached hydrogens (tertiary/aromatic N) is 6. The first-order valence-corrected chi connectivity index (χ1v) is 13.1. The number of aromatic nitrogens is 5. The molecule has 4 aromatic rings. The van der Waals surface area contributed by atoms with Crippen molar-refractivity contribution in [3.8, 4) is 11.5 Å². The molecule has 196 valence electrons. The summed E-state index contributed by atoms with van der Waals surface area (Å²) in [7, 11) is 0. The molecule has 0 unspecified atom stereocenters. The highest BCUT2D eigenvalue weighted by Gasteiger charge is 2.34. The lowest BCUT2D eigenvalue weighted by Crippen LogP contribution is -2.49. The van der Waals surface area contributed by atoms with Crippen LogP contribution in [-0.2, 0) is 11.3 Å². The van der Waals surface area contributed by atoms with E-state index in [1.165, 1.54) is 5.69 Å². The van der Waals surface area contributed by atoms with Crippen molar-refractivity contribution in [2.75, 3.05) is 44.5 Å². The number of pyridine rings is 1. The molecule has 38 heavy (non-hydrogen) atoms. The number of rotatable bonds is 6. The Balaban J connectivity index is 1.27. The normalized spacial score (nSPS) is 20.3. The molecule has 3 aliphatic heterocycles. The molecule has 0 aliphatic carbocycles. The van der Waals surface area contributed by atoms with E-state index in [-0.39, 0.29) is 18.5 Å². The average molecular weight is 516 g/mol. The summed E-state index contributed by atoms with van der Waals surface area (Å²) in [5.74, 6) is 1.96. The summed E-state index contributed by atoms with van der Waals surface area (Å²) in [6.07, 6.45) is 2.08. The Morgan fingerprint density at radius 3 is 2.63 bits per heavy atom. The number of fused-ring (bicyclic) bond motifs is 2. The first kappa shape index (κ1) is 23.2. The van der Waals surface area contributed by atoms with E-state index < -0.39 is 6.04 Å². The molecule has 1 N–H and O–H groups in total. The van der Waals surface area contributed by atoms with E-state index in [2.05, 4.69) is 54.6 Å². The van der Waals surface area contributed by atoms with Crippen molar-refractivity contribution in [2.45, 2.75) is 31.5 Å². The minimum atomic E-state index is -0.414. The zero-order valence-corrected chi connectivity index (χ0v) is 21.0. The number of piperazine rings is 1. The van der Waals surface area contributed by atoms with Gasteiger partial charge in [-0.2, -0.15) is 0 Å². The number of tetrazole rings is 1. The second-order valence-corrected chi connectivity index (χ2v) is 9.96. The second kappa shape index (κ2) is 9.73. The van der Waals surface area contributed by atoms with Gasteiger partial charge in [0.1, 0.15) is 6.04 Å². The molecule has 11 heteroatoms. The third kappa shape index (κ3) is 4.27. The minimum Gasteiger partial charge on any atom is -0.454 e. The summed E-state index contributed by atoms with van der Waals surface area (Å²) >= 11 is 0. The molecule has 0 radical (unpaired) electrons. The van der Waals surface area contributed by atoms with Gasteiger partial charge in [-0.25, -0.2) is 4.68 Å². The zero-order chi connectivity index (χ0) is 25.5. The van der Waals surface area contributed by atoms with Crippen LogP contribution in [0, 0.1) is 0 Å². The van der Waals surface area contributed by atoms with E-state index in [1.807, 2.05) is 28.9 Å². The van der Waals surface area contributed by atoms with Crippen LogP contribution in [0.2, 0.25) is 0 Å². The summed E-state index contributed by atoms with van der Waals surface area (Å²) in [5.41, 5.74) is 2.34. The highest BCUT2D eigenvalue weighted by molar-refractivity contribution is 5.83. The Morgan fingerprint density at radius 1 is 1.03 bits per heavy atom. The average Bonchev–Trinajstić information content (AvgIpc) is 3.72. The molecule has 2 saturated heterocycles. The molecule has 0 spiro atoms. The highest BCUT2D eigenvalue weighted by Crippen LogP contribution is 2.36. The monoisotopic (exact) mass is 515 g/mol. The lowest BCUT2D eigenvalue weighted by molar-refractivity contribution is 0.0906. The van der Waals surface area contributed by atoms with Crippen LogP contribution in [-0.4, -0.2) is 75.8 Å². The maximum absolute atomic E-state index is 13.6. The molecular weight excluding hydrogens is 486 g/mol. The number of hydrogen-bond donors (Lipinski definition) is 1. The number of anilines is 1. The van der Waals surface area contributed by atoms with Crippen LogP contribution in [0.3, 0.4) is 0 Å². The van der Waals surface area contributed by atoms with Gasteiger partial charge in [-0.05, 0) is 47.5 Å². The van der Waals surface area contributed by atoms with Gasteiger partial charge in [0.15, 0.2) is 17.3 Å². The van der Waals surface area contributed by atoms with Gasteiger partial charge in [-0.3, -0.25) is 9.69 Å². The van der Waals surface area contributed by atoms with Gasteiger partial charge in [0.2, 0.25) is 6.79 Å². The van der Waals surface area contributed by atoms with Crippen LogP contribution in [0.5, 0.6) is 11.5 Å². The van der Waals surface area contributed by atoms with Gasteiger partial charge < -0.3 is 24.1 Å². The van der Waals surface area contributed by atoms with Crippen LogP contribution in [0.1, 0.15) is 30.3 Å². The van der Waals surface area contributed by atoms with Crippen molar-refractivity contribution in [1.29, 1.82) is 0 Å². The van der Waals surface area contributed by atoms with Crippen molar-refractivity contribution < 1.29 is 14.2 Å². The van der Waals surface area contributed by atoms with Gasteiger partial charge >= 0.3 is 0 Å². The van der Waals surface area contributed by atoms with Gasteiger partial charge in [0.05, 0.1) is 18.2 Å². The Bertz CT molecular complexity index is 1490. The predicted molar refractivity (Wildman–Crippen MR) is 140 cm³/mol. The third-order valence-corrected chi connectivity index (χ3v) is 7.67. The van der Waals surface area contributed by atoms with Crippen LogP contribution < -0.4 is 19.9 Å². The Labute approximate surface area is 218 Å². The quantitative estimate of drug-likeness (QED) is 0.414. The molecule has 0 amide bonds. The maximum atomic E-state index is 13.6. The van der Waals surface area contributed by atoms with Crippen LogP contribution in [0.25, 0.3) is 10.9 Å². The lowest BCUT2D eigenvalue weighted by Gasteiger charge is -2.39. The number of aromatic amines is 1. The van der Waals surface area contributed by atoms with E-state index in [0.29, 0.717) is 34.9 Å². The smallest absolute Gasteiger partial charge is 0.253 e. The summed E-state index contributed by atoms with van der Waals surface area (Å²) in [6, 6.07) is 15.7. The largest absolute Gasteiger partial charge is 0.454 e. The fourth-order valence-electron chi connectivity index (χ4n) is 5.71. The summed E-state index contributed by atoms with van der Waals surface area (Å²) < 4.78 is 18.8. The van der Waals surface area contributed by atoms with Gasteiger partial charge in [0.25, 0.3) is 5.56 Å². The molecule has 2 fully saturated rings. The Hall–Kier alpha value is -3.96.